The Morgan fingerprint density at radius 3 is 1.91 bits per heavy atom. The monoisotopic (exact) mass is 756 g/mol. The molecule has 0 saturated carbocycles. The van der Waals surface area contributed by atoms with Crippen molar-refractivity contribution in [3.8, 4) is 0 Å². The number of carboxylic acid groups (broad SMARTS) is 1. The molecule has 0 aliphatic heterocycles. The number of hydrogen-bond acceptors (Lipinski definition) is 16. The van der Waals surface area contributed by atoms with Crippen LogP contribution in [0.2, 0.25) is 0 Å². The highest BCUT2D eigenvalue weighted by Crippen LogP contribution is 2.25. The highest BCUT2D eigenvalue weighted by Gasteiger charge is 2.22. The predicted octanol–water partition coefficient (Wildman–Crippen LogP) is -1.31. The number of halogens is 1. The lowest BCUT2D eigenvalue weighted by Gasteiger charge is -2.09. The van der Waals surface area contributed by atoms with Crippen molar-refractivity contribution in [2.45, 2.75) is 14.7 Å². The van der Waals surface area contributed by atoms with Crippen molar-refractivity contribution in [3.05, 3.63) is 85.3 Å². The smallest absolute Gasteiger partial charge is 0.397 e. The molecule has 3 aromatic carbocycles. The van der Waals surface area contributed by atoms with Crippen molar-refractivity contribution in [3.63, 3.8) is 0 Å². The topological polar surface area (TPSA) is 306 Å². The molecule has 24 heteroatoms. The second-order valence-corrected chi connectivity index (χ2v) is 16.0. The number of rotatable bonds is 14. The van der Waals surface area contributed by atoms with Gasteiger partial charge in [-0.05, 0) is 42.5 Å². The molecule has 0 unspecified atom stereocenters. The molecule has 0 radical (unpaired) electrons. The van der Waals surface area contributed by atoms with Gasteiger partial charge in [-0.1, -0.05) is 0 Å². The quantitative estimate of drug-likeness (QED) is 0.0724. The maximum absolute atomic E-state index is 13.1. The number of anilines is 2. The summed E-state index contributed by atoms with van der Waals surface area (Å²) >= 11 is 5.46. The van der Waals surface area contributed by atoms with E-state index in [1.807, 2.05) is 0 Å². The lowest BCUT2D eigenvalue weighted by Crippen LogP contribution is -2.50. The number of aromatic carboxylic acids is 1. The third-order valence-electron chi connectivity index (χ3n) is 5.74. The Labute approximate surface area is 270 Å². The Hall–Kier alpha value is -4.10. The molecule has 0 aromatic heterocycles. The first-order valence-electron chi connectivity index (χ1n) is 12.2. The maximum atomic E-state index is 13.1. The van der Waals surface area contributed by atoms with E-state index < -0.39 is 107 Å². The first-order chi connectivity index (χ1) is 21.7. The molecule has 0 saturated heterocycles. The minimum atomic E-state index is -5.10. The number of carboxylic acids is 1. The Kier molecular flexibility index (Phi) is 11.4. The van der Waals surface area contributed by atoms with Gasteiger partial charge in [-0.2, -0.15) is 27.0 Å². The fourth-order valence-corrected chi connectivity index (χ4v) is 7.41. The molecular weight excluding hydrogens is 736 g/mol. The SMILES string of the molecule is O=C(O)c1cc(=O)c(=NNc2ccc(S(=O)(=O)CCCl)cc2S(=O)(=O)O)c(=O)c1=NNc1ccc(S(=O)(=O)CCOS(=O)(=O)O)cc1. The van der Waals surface area contributed by atoms with E-state index >= 15 is 0 Å². The predicted molar refractivity (Wildman–Crippen MR) is 162 cm³/mol. The summed E-state index contributed by atoms with van der Waals surface area (Å²) in [5, 5.41) is 14.9. The molecule has 3 aromatic rings. The summed E-state index contributed by atoms with van der Waals surface area (Å²) < 4.78 is 117. The minimum Gasteiger partial charge on any atom is -0.478 e. The lowest BCUT2D eigenvalue weighted by molar-refractivity contribution is 0.0694. The first kappa shape index (κ1) is 37.4. The molecule has 0 aliphatic rings. The summed E-state index contributed by atoms with van der Waals surface area (Å²) in [5.41, 5.74) is 0.295. The van der Waals surface area contributed by atoms with E-state index in [1.54, 1.807) is 0 Å². The Morgan fingerprint density at radius 1 is 0.787 bits per heavy atom. The number of alkyl halides is 1. The zero-order valence-corrected chi connectivity index (χ0v) is 27.1. The van der Waals surface area contributed by atoms with Gasteiger partial charge in [0.25, 0.3) is 10.1 Å². The van der Waals surface area contributed by atoms with Crippen LogP contribution >= 0.6 is 11.6 Å². The van der Waals surface area contributed by atoms with E-state index in [0.717, 1.165) is 36.4 Å². The van der Waals surface area contributed by atoms with Crippen LogP contribution < -0.4 is 32.4 Å². The van der Waals surface area contributed by atoms with Gasteiger partial charge in [-0.15, -0.1) is 11.6 Å². The summed E-state index contributed by atoms with van der Waals surface area (Å²) in [7, 11) is -18.1. The average Bonchev–Trinajstić information content (AvgIpc) is 2.95. The molecule has 3 rings (SSSR count). The van der Waals surface area contributed by atoms with Gasteiger partial charge in [0.15, 0.2) is 25.0 Å². The van der Waals surface area contributed by atoms with Crippen molar-refractivity contribution in [1.29, 1.82) is 0 Å². The summed E-state index contributed by atoms with van der Waals surface area (Å²) in [4.78, 5) is 35.6. The fourth-order valence-electron chi connectivity index (χ4n) is 3.56. The maximum Gasteiger partial charge on any atom is 0.397 e. The molecule has 0 bridgehead atoms. The van der Waals surface area contributed by atoms with Crippen LogP contribution in [-0.2, 0) is 44.4 Å². The van der Waals surface area contributed by atoms with Crippen LogP contribution in [0.15, 0.2) is 83.0 Å². The summed E-state index contributed by atoms with van der Waals surface area (Å²) in [6.07, 6.45) is 0. The minimum absolute atomic E-state index is 0.00121. The van der Waals surface area contributed by atoms with Crippen molar-refractivity contribution >= 4 is 69.1 Å². The van der Waals surface area contributed by atoms with E-state index in [0.29, 0.717) is 12.1 Å². The van der Waals surface area contributed by atoms with Crippen LogP contribution in [0.3, 0.4) is 0 Å². The van der Waals surface area contributed by atoms with Gasteiger partial charge in [-0.3, -0.25) is 29.5 Å². The van der Waals surface area contributed by atoms with Crippen LogP contribution in [0.4, 0.5) is 11.4 Å². The highest BCUT2D eigenvalue weighted by atomic mass is 35.5. The van der Waals surface area contributed by atoms with Crippen LogP contribution in [0.25, 0.3) is 0 Å². The Balaban J connectivity index is 2.02. The van der Waals surface area contributed by atoms with E-state index in [2.05, 4.69) is 25.2 Å². The molecule has 19 nitrogen and oxygen atoms in total. The zero-order chi connectivity index (χ0) is 35.4. The number of hydrogen-bond donors (Lipinski definition) is 5. The molecule has 0 amide bonds. The molecule has 0 spiro atoms. The van der Waals surface area contributed by atoms with Gasteiger partial charge in [0.05, 0.1) is 44.8 Å². The van der Waals surface area contributed by atoms with E-state index in [4.69, 9.17) is 16.2 Å². The van der Waals surface area contributed by atoms with Gasteiger partial charge >= 0.3 is 16.4 Å². The largest absolute Gasteiger partial charge is 0.478 e. The standard InChI is InChI=1S/C23H21ClN4O15S4/c24-7-9-44(33,34)15-5-6-17(19(11-15)46(37,38)39)26-28-21-18(29)12-16(23(31)32)20(22(21)30)27-25-13-1-3-14(4-2-13)45(35,36)10-8-43-47(40,41)42/h1-6,11-12,25-26H,7-10H2,(H,31,32)(H,37,38,39)(H,40,41,42). The van der Waals surface area contributed by atoms with E-state index in [-0.39, 0.29) is 16.5 Å². The summed E-state index contributed by atoms with van der Waals surface area (Å²) in [5.74, 6) is -3.47. The average molecular weight is 757 g/mol. The van der Waals surface area contributed by atoms with Crippen molar-refractivity contribution in [2.75, 3.05) is 34.8 Å². The normalized spacial score (nSPS) is 13.4. The molecule has 0 aliphatic carbocycles. The van der Waals surface area contributed by atoms with Crippen molar-refractivity contribution in [2.24, 2.45) is 10.2 Å². The van der Waals surface area contributed by atoms with Crippen LogP contribution in [0.5, 0.6) is 0 Å². The third-order valence-corrected chi connectivity index (χ3v) is 10.9. The Morgan fingerprint density at radius 2 is 1.36 bits per heavy atom. The molecular formula is C23H21ClN4O15S4. The van der Waals surface area contributed by atoms with Crippen molar-refractivity contribution < 1.29 is 56.9 Å². The number of benzene rings is 3. The van der Waals surface area contributed by atoms with Gasteiger partial charge < -0.3 is 5.11 Å². The van der Waals surface area contributed by atoms with Crippen LogP contribution in [0, 0.1) is 0 Å². The molecule has 0 heterocycles. The number of sulfone groups is 2. The second kappa shape index (κ2) is 14.3. The van der Waals surface area contributed by atoms with Gasteiger partial charge in [0, 0.05) is 11.9 Å². The first-order valence-corrected chi connectivity index (χ1v) is 18.9. The summed E-state index contributed by atoms with van der Waals surface area (Å²) in [6, 6.07) is 7.23. The summed E-state index contributed by atoms with van der Waals surface area (Å²) in [6.45, 7) is -0.877. The van der Waals surface area contributed by atoms with Gasteiger partial charge in [0.2, 0.25) is 10.9 Å². The van der Waals surface area contributed by atoms with Gasteiger partial charge in [-0.25, -0.2) is 25.8 Å². The lowest BCUT2D eigenvalue weighted by atomic mass is 10.2. The molecule has 254 valence electrons. The molecule has 0 atom stereocenters. The molecule has 0 fully saturated rings. The molecule has 47 heavy (non-hydrogen) atoms. The number of carbonyl (C=O) groups is 1. The second-order valence-electron chi connectivity index (χ2n) is 8.93. The Bertz CT molecular complexity index is 2390. The number of nitrogens with zero attached hydrogens (tertiary/aromatic N) is 2. The van der Waals surface area contributed by atoms with E-state index in [9.17, 15) is 57.7 Å². The van der Waals surface area contributed by atoms with Gasteiger partial charge in [0.1, 0.15) is 10.3 Å². The van der Waals surface area contributed by atoms with E-state index in [1.165, 1.54) is 0 Å². The highest BCUT2D eigenvalue weighted by molar-refractivity contribution is 7.91. The third kappa shape index (κ3) is 9.71. The fraction of sp³-hybridized carbons (Fsp3) is 0.174. The van der Waals surface area contributed by atoms with Crippen LogP contribution in [-0.4, -0.2) is 77.8 Å². The zero-order valence-electron chi connectivity index (χ0n) is 23.1. The number of nitrogens with one attached hydrogen (secondary N) is 2. The molecule has 5 N–H and O–H groups in total. The van der Waals surface area contributed by atoms with Crippen molar-refractivity contribution in [1.82, 2.24) is 0 Å². The van der Waals surface area contributed by atoms with Crippen LogP contribution in [0.1, 0.15) is 10.4 Å².